The van der Waals surface area contributed by atoms with E-state index in [1.54, 1.807) is 0 Å². The van der Waals surface area contributed by atoms with Gasteiger partial charge in [-0.1, -0.05) is 30.3 Å². The average Bonchev–Trinajstić information content (AvgIpc) is 3.06. The fourth-order valence-corrected chi connectivity index (χ4v) is 4.06. The monoisotopic (exact) mass is 510 g/mol. The van der Waals surface area contributed by atoms with Crippen molar-refractivity contribution in [3.8, 4) is 0 Å². The lowest BCUT2D eigenvalue weighted by Crippen LogP contribution is -2.52. The van der Waals surface area contributed by atoms with Crippen LogP contribution in [0.15, 0.2) is 35.3 Å². The van der Waals surface area contributed by atoms with Crippen molar-refractivity contribution in [1.82, 2.24) is 25.0 Å². The number of aromatic nitrogens is 3. The number of likely N-dealkylation sites (tertiary alicyclic amines) is 1. The highest BCUT2D eigenvalue weighted by Crippen LogP contribution is 2.28. The van der Waals surface area contributed by atoms with Gasteiger partial charge in [0.2, 0.25) is 0 Å². The van der Waals surface area contributed by atoms with Gasteiger partial charge in [0.05, 0.1) is 19.2 Å². The first-order chi connectivity index (χ1) is 13.7. The Morgan fingerprint density at radius 1 is 1.24 bits per heavy atom. The lowest BCUT2D eigenvalue weighted by molar-refractivity contribution is -0.0559. The van der Waals surface area contributed by atoms with Crippen molar-refractivity contribution < 1.29 is 4.74 Å². The third-order valence-corrected chi connectivity index (χ3v) is 5.86. The molecule has 0 aliphatic carbocycles. The molecule has 29 heavy (non-hydrogen) atoms. The summed E-state index contributed by atoms with van der Waals surface area (Å²) in [5.41, 5.74) is 1.21. The topological polar surface area (TPSA) is 67.6 Å². The molecule has 2 saturated heterocycles. The van der Waals surface area contributed by atoms with Crippen LogP contribution in [0.25, 0.3) is 0 Å². The van der Waals surface area contributed by atoms with Crippen LogP contribution in [-0.4, -0.2) is 51.4 Å². The first-order valence-electron chi connectivity index (χ1n) is 10.2. The molecule has 0 radical (unpaired) electrons. The fraction of sp³-hybridized carbons (Fsp3) is 0.571. The molecular weight excluding hydrogens is 479 g/mol. The van der Waals surface area contributed by atoms with Crippen LogP contribution in [0.2, 0.25) is 0 Å². The quantitative estimate of drug-likeness (QED) is 0.390. The highest BCUT2D eigenvalue weighted by Gasteiger charge is 2.33. The van der Waals surface area contributed by atoms with Crippen LogP contribution in [0.5, 0.6) is 0 Å². The lowest BCUT2D eigenvalue weighted by atomic mass is 9.88. The van der Waals surface area contributed by atoms with Crippen LogP contribution in [0.3, 0.4) is 0 Å². The van der Waals surface area contributed by atoms with Gasteiger partial charge in [-0.25, -0.2) is 4.99 Å². The zero-order valence-corrected chi connectivity index (χ0v) is 19.6. The van der Waals surface area contributed by atoms with Gasteiger partial charge in [-0.2, -0.15) is 0 Å². The molecule has 1 aromatic carbocycles. The Balaban J connectivity index is 0.00000240. The molecule has 4 rings (SSSR count). The average molecular weight is 510 g/mol. The molecule has 2 aromatic rings. The van der Waals surface area contributed by atoms with Crippen molar-refractivity contribution >= 4 is 29.9 Å². The zero-order chi connectivity index (χ0) is 19.3. The first-order valence-corrected chi connectivity index (χ1v) is 10.2. The Bertz CT molecular complexity index is 809. The molecule has 0 amide bonds. The lowest BCUT2D eigenvalue weighted by Gasteiger charge is -2.42. The number of hydrogen-bond acceptors (Lipinski definition) is 4. The molecule has 1 N–H and O–H groups in total. The first kappa shape index (κ1) is 22.0. The molecule has 2 unspecified atom stereocenters. The Hall–Kier alpha value is -1.68. The third-order valence-electron chi connectivity index (χ3n) is 5.86. The zero-order valence-electron chi connectivity index (χ0n) is 17.3. The normalized spacial score (nSPS) is 22.0. The number of rotatable bonds is 4. The number of benzene rings is 1. The maximum Gasteiger partial charge on any atom is 0.194 e. The summed E-state index contributed by atoms with van der Waals surface area (Å²) in [6.07, 6.45) is 3.90. The largest absolute Gasteiger partial charge is 0.378 e. The minimum Gasteiger partial charge on any atom is -0.378 e. The maximum absolute atomic E-state index is 5.98. The van der Waals surface area contributed by atoms with Gasteiger partial charge in [0.15, 0.2) is 11.8 Å². The molecule has 1 aromatic heterocycles. The molecule has 0 bridgehead atoms. The van der Waals surface area contributed by atoms with E-state index in [0.717, 1.165) is 50.1 Å². The molecule has 8 heteroatoms. The van der Waals surface area contributed by atoms with E-state index in [1.807, 2.05) is 24.6 Å². The van der Waals surface area contributed by atoms with Crippen molar-refractivity contribution in [2.24, 2.45) is 18.0 Å². The Morgan fingerprint density at radius 3 is 2.83 bits per heavy atom. The van der Waals surface area contributed by atoms with E-state index in [9.17, 15) is 0 Å². The summed E-state index contributed by atoms with van der Waals surface area (Å²) in [6, 6.07) is 10.4. The molecule has 0 spiro atoms. The van der Waals surface area contributed by atoms with Crippen molar-refractivity contribution in [2.45, 2.75) is 45.4 Å². The van der Waals surface area contributed by atoms with Crippen LogP contribution in [0.4, 0.5) is 0 Å². The second-order valence-corrected chi connectivity index (χ2v) is 7.75. The standard InChI is InChI=1S/C21H30N6O.HI/c1-16-24-25-20(26(16)2)14-23-21(22-13-17-7-4-3-5-8-17)27-11-10-19-18(15-27)9-6-12-28-19;/h3-5,7-8,18-19H,6,9-15H2,1-2H3,(H,22,23);1H. The molecule has 0 saturated carbocycles. The Labute approximate surface area is 190 Å². The van der Waals surface area contributed by atoms with Crippen molar-refractivity contribution in [3.05, 3.63) is 47.5 Å². The van der Waals surface area contributed by atoms with E-state index in [4.69, 9.17) is 9.73 Å². The molecule has 158 valence electrons. The molecular formula is C21H31IN6O. The summed E-state index contributed by atoms with van der Waals surface area (Å²) >= 11 is 0. The number of fused-ring (bicyclic) bond motifs is 1. The van der Waals surface area contributed by atoms with Crippen LogP contribution in [0.1, 0.15) is 36.5 Å². The van der Waals surface area contributed by atoms with E-state index in [-0.39, 0.29) is 24.0 Å². The Kier molecular flexibility index (Phi) is 7.88. The highest BCUT2D eigenvalue weighted by atomic mass is 127. The summed E-state index contributed by atoms with van der Waals surface area (Å²) < 4.78 is 8.00. The predicted octanol–water partition coefficient (Wildman–Crippen LogP) is 2.89. The molecule has 3 heterocycles. The predicted molar refractivity (Wildman–Crippen MR) is 124 cm³/mol. The number of ether oxygens (including phenoxy) is 1. The van der Waals surface area contributed by atoms with Gasteiger partial charge in [-0.05, 0) is 31.7 Å². The molecule has 7 nitrogen and oxygen atoms in total. The summed E-state index contributed by atoms with van der Waals surface area (Å²) in [7, 11) is 2.00. The van der Waals surface area contributed by atoms with E-state index in [1.165, 1.54) is 12.0 Å². The second kappa shape index (κ2) is 10.4. The van der Waals surface area contributed by atoms with E-state index in [2.05, 4.69) is 44.7 Å². The number of hydrogen-bond donors (Lipinski definition) is 1. The number of guanidine groups is 1. The second-order valence-electron chi connectivity index (χ2n) is 7.75. The van der Waals surface area contributed by atoms with Gasteiger partial charge in [0.1, 0.15) is 5.82 Å². The van der Waals surface area contributed by atoms with Gasteiger partial charge in [-0.15, -0.1) is 34.2 Å². The van der Waals surface area contributed by atoms with E-state index >= 15 is 0 Å². The maximum atomic E-state index is 5.98. The van der Waals surface area contributed by atoms with Gasteiger partial charge >= 0.3 is 0 Å². The summed E-state index contributed by atoms with van der Waals surface area (Å²) in [5.74, 6) is 3.39. The van der Waals surface area contributed by atoms with Crippen LogP contribution >= 0.6 is 24.0 Å². The number of piperidine rings is 1. The SMILES string of the molecule is Cc1nnc(CNC(=NCc2ccccc2)N2CCC3OCCCC3C2)n1C.I. The molecule has 2 fully saturated rings. The number of aliphatic imine (C=N–C) groups is 1. The van der Waals surface area contributed by atoms with Gasteiger partial charge in [-0.3, -0.25) is 0 Å². The number of halogens is 1. The van der Waals surface area contributed by atoms with E-state index < -0.39 is 0 Å². The van der Waals surface area contributed by atoms with Gasteiger partial charge in [0, 0.05) is 32.7 Å². The van der Waals surface area contributed by atoms with Crippen LogP contribution in [-0.2, 0) is 24.9 Å². The fourth-order valence-electron chi connectivity index (χ4n) is 4.06. The molecule has 2 aliphatic heterocycles. The Morgan fingerprint density at radius 2 is 2.07 bits per heavy atom. The van der Waals surface area contributed by atoms with Gasteiger partial charge < -0.3 is 19.5 Å². The molecule has 2 atom stereocenters. The summed E-state index contributed by atoms with van der Waals surface area (Å²) in [4.78, 5) is 7.33. The number of nitrogens with zero attached hydrogens (tertiary/aromatic N) is 5. The third kappa shape index (κ3) is 5.48. The molecule has 2 aliphatic rings. The van der Waals surface area contributed by atoms with Crippen molar-refractivity contribution in [2.75, 3.05) is 19.7 Å². The van der Waals surface area contributed by atoms with Crippen LogP contribution < -0.4 is 5.32 Å². The van der Waals surface area contributed by atoms with Crippen molar-refractivity contribution in [3.63, 3.8) is 0 Å². The van der Waals surface area contributed by atoms with Crippen LogP contribution in [0, 0.1) is 12.8 Å². The van der Waals surface area contributed by atoms with Crippen molar-refractivity contribution in [1.29, 1.82) is 0 Å². The number of nitrogens with one attached hydrogen (secondary N) is 1. The smallest absolute Gasteiger partial charge is 0.194 e. The summed E-state index contributed by atoms with van der Waals surface area (Å²) in [6.45, 7) is 6.14. The minimum absolute atomic E-state index is 0. The number of aryl methyl sites for hydroxylation is 1. The highest BCUT2D eigenvalue weighted by molar-refractivity contribution is 14.0. The minimum atomic E-state index is 0. The van der Waals surface area contributed by atoms with E-state index in [0.29, 0.717) is 25.1 Å². The summed E-state index contributed by atoms with van der Waals surface area (Å²) in [5, 5.41) is 12.0. The van der Waals surface area contributed by atoms with Gasteiger partial charge in [0.25, 0.3) is 0 Å².